The Morgan fingerprint density at radius 2 is 1.95 bits per heavy atom. The van der Waals surface area contributed by atoms with Crippen molar-refractivity contribution in [1.29, 1.82) is 0 Å². The van der Waals surface area contributed by atoms with Gasteiger partial charge in [-0.3, -0.25) is 4.79 Å². The van der Waals surface area contributed by atoms with Crippen molar-refractivity contribution >= 4 is 15.9 Å². The third-order valence-corrected chi connectivity index (χ3v) is 5.34. The lowest BCUT2D eigenvalue weighted by atomic mass is 10.0. The number of primary amides is 1. The van der Waals surface area contributed by atoms with Crippen LogP contribution in [0.25, 0.3) is 0 Å². The Hall–Kier alpha value is -1.40. The topological polar surface area (TPSA) is 89.3 Å². The quantitative estimate of drug-likeness (QED) is 0.855. The molecule has 0 aromatic heterocycles. The molecule has 0 spiro atoms. The Kier molecular flexibility index (Phi) is 4.45. The van der Waals surface area contributed by atoms with Crippen LogP contribution in [0.2, 0.25) is 0 Å². The van der Waals surface area contributed by atoms with E-state index in [2.05, 4.69) is 4.72 Å². The van der Waals surface area contributed by atoms with Crippen molar-refractivity contribution < 1.29 is 13.2 Å². The van der Waals surface area contributed by atoms with Gasteiger partial charge in [-0.1, -0.05) is 25.5 Å². The molecule has 0 saturated heterocycles. The minimum Gasteiger partial charge on any atom is -0.369 e. The van der Waals surface area contributed by atoms with Crippen LogP contribution in [-0.2, 0) is 21.2 Å². The van der Waals surface area contributed by atoms with Crippen molar-refractivity contribution in [3.8, 4) is 0 Å². The molecular formula is C14H20N2O3S. The van der Waals surface area contributed by atoms with Crippen LogP contribution < -0.4 is 10.5 Å². The van der Waals surface area contributed by atoms with E-state index >= 15 is 0 Å². The molecule has 20 heavy (non-hydrogen) atoms. The van der Waals surface area contributed by atoms with Crippen LogP contribution in [0.1, 0.15) is 31.7 Å². The van der Waals surface area contributed by atoms with E-state index in [0.717, 1.165) is 18.4 Å². The highest BCUT2D eigenvalue weighted by atomic mass is 32.2. The second-order valence-corrected chi connectivity index (χ2v) is 6.88. The normalized spacial score (nSPS) is 22.9. The Bertz CT molecular complexity index is 581. The molecule has 2 rings (SSSR count). The van der Waals surface area contributed by atoms with Gasteiger partial charge in [-0.15, -0.1) is 0 Å². The van der Waals surface area contributed by atoms with Crippen molar-refractivity contribution in [3.63, 3.8) is 0 Å². The van der Waals surface area contributed by atoms with E-state index < -0.39 is 21.8 Å². The number of nitrogens with one attached hydrogen (secondary N) is 1. The van der Waals surface area contributed by atoms with E-state index in [1.54, 1.807) is 24.3 Å². The zero-order chi connectivity index (χ0) is 14.8. The summed E-state index contributed by atoms with van der Waals surface area (Å²) in [5.41, 5.74) is 6.39. The van der Waals surface area contributed by atoms with E-state index in [9.17, 15) is 13.2 Å². The molecule has 0 radical (unpaired) electrons. The Labute approximate surface area is 119 Å². The number of amides is 1. The second-order valence-electron chi connectivity index (χ2n) is 5.17. The van der Waals surface area contributed by atoms with Crippen LogP contribution in [0, 0.1) is 5.92 Å². The standard InChI is InChI=1S/C14H20N2O3S/c1-2-10-6-8-11(9-7-10)20(18,19)16-13-5-3-4-12(13)14(15)17/h6-9,12-13,16H,2-5H2,1H3,(H2,15,17)/t12-,13+/m1/s1. The number of nitrogens with two attached hydrogens (primary N) is 1. The summed E-state index contributed by atoms with van der Waals surface area (Å²) >= 11 is 0. The van der Waals surface area contributed by atoms with E-state index in [4.69, 9.17) is 5.73 Å². The first kappa shape index (κ1) is 15.0. The number of benzene rings is 1. The van der Waals surface area contributed by atoms with Gasteiger partial charge >= 0.3 is 0 Å². The number of carbonyl (C=O) groups excluding carboxylic acids is 1. The van der Waals surface area contributed by atoms with E-state index in [0.29, 0.717) is 12.8 Å². The highest BCUT2D eigenvalue weighted by Crippen LogP contribution is 2.26. The summed E-state index contributed by atoms with van der Waals surface area (Å²) in [6.45, 7) is 2.01. The molecule has 1 aromatic carbocycles. The highest BCUT2D eigenvalue weighted by Gasteiger charge is 2.34. The lowest BCUT2D eigenvalue weighted by Crippen LogP contribution is -2.42. The molecule has 1 saturated carbocycles. The molecule has 6 heteroatoms. The molecule has 1 aromatic rings. The van der Waals surface area contributed by atoms with Crippen LogP contribution in [-0.4, -0.2) is 20.4 Å². The van der Waals surface area contributed by atoms with Gasteiger partial charge in [0.1, 0.15) is 0 Å². The Morgan fingerprint density at radius 1 is 1.30 bits per heavy atom. The largest absolute Gasteiger partial charge is 0.369 e. The van der Waals surface area contributed by atoms with Crippen LogP contribution in [0.3, 0.4) is 0 Å². The lowest BCUT2D eigenvalue weighted by molar-refractivity contribution is -0.122. The molecule has 1 aliphatic carbocycles. The van der Waals surface area contributed by atoms with Crippen molar-refractivity contribution in [3.05, 3.63) is 29.8 Å². The van der Waals surface area contributed by atoms with Gasteiger partial charge < -0.3 is 5.73 Å². The number of hydrogen-bond donors (Lipinski definition) is 2. The Morgan fingerprint density at radius 3 is 2.50 bits per heavy atom. The van der Waals surface area contributed by atoms with Crippen molar-refractivity contribution in [2.75, 3.05) is 0 Å². The molecular weight excluding hydrogens is 276 g/mol. The molecule has 0 bridgehead atoms. The van der Waals surface area contributed by atoms with E-state index in [-0.39, 0.29) is 10.9 Å². The fraction of sp³-hybridized carbons (Fsp3) is 0.500. The highest BCUT2D eigenvalue weighted by molar-refractivity contribution is 7.89. The molecule has 0 unspecified atom stereocenters. The van der Waals surface area contributed by atoms with Crippen LogP contribution in [0.5, 0.6) is 0 Å². The van der Waals surface area contributed by atoms with Crippen molar-refractivity contribution in [2.24, 2.45) is 11.7 Å². The Balaban J connectivity index is 2.16. The maximum Gasteiger partial charge on any atom is 0.240 e. The number of aryl methyl sites for hydroxylation is 1. The molecule has 1 amide bonds. The SMILES string of the molecule is CCc1ccc(S(=O)(=O)N[C@H]2CCC[C@H]2C(N)=O)cc1. The van der Waals surface area contributed by atoms with Gasteiger partial charge in [0.25, 0.3) is 0 Å². The summed E-state index contributed by atoms with van der Waals surface area (Å²) in [5.74, 6) is -0.837. The molecule has 0 aliphatic heterocycles. The monoisotopic (exact) mass is 296 g/mol. The fourth-order valence-corrected chi connectivity index (χ4v) is 3.92. The van der Waals surface area contributed by atoms with E-state index in [1.807, 2.05) is 6.92 Å². The predicted molar refractivity (Wildman–Crippen MR) is 76.5 cm³/mol. The maximum atomic E-state index is 12.3. The average Bonchev–Trinajstić information content (AvgIpc) is 2.86. The summed E-state index contributed by atoms with van der Waals surface area (Å²) < 4.78 is 27.2. The third kappa shape index (κ3) is 3.19. The molecule has 1 aliphatic rings. The first-order chi connectivity index (χ1) is 9.44. The van der Waals surface area contributed by atoms with Crippen LogP contribution in [0.15, 0.2) is 29.2 Å². The average molecular weight is 296 g/mol. The minimum atomic E-state index is -3.59. The second kappa shape index (κ2) is 5.93. The molecule has 0 heterocycles. The lowest BCUT2D eigenvalue weighted by Gasteiger charge is -2.18. The summed E-state index contributed by atoms with van der Waals surface area (Å²) in [4.78, 5) is 11.5. The van der Waals surface area contributed by atoms with Gasteiger partial charge in [0, 0.05) is 6.04 Å². The summed E-state index contributed by atoms with van der Waals surface area (Å²) in [5, 5.41) is 0. The predicted octanol–water partition coefficient (Wildman–Crippen LogP) is 1.18. The molecule has 2 atom stereocenters. The molecule has 110 valence electrons. The van der Waals surface area contributed by atoms with Gasteiger partial charge in [0.15, 0.2) is 0 Å². The molecule has 1 fully saturated rings. The van der Waals surface area contributed by atoms with Gasteiger partial charge in [-0.2, -0.15) is 0 Å². The minimum absolute atomic E-state index is 0.227. The summed E-state index contributed by atoms with van der Waals surface area (Å²) in [7, 11) is -3.59. The van der Waals surface area contributed by atoms with Crippen molar-refractivity contribution in [2.45, 2.75) is 43.5 Å². The number of hydrogen-bond acceptors (Lipinski definition) is 3. The zero-order valence-corrected chi connectivity index (χ0v) is 12.3. The van der Waals surface area contributed by atoms with Gasteiger partial charge in [0.05, 0.1) is 10.8 Å². The van der Waals surface area contributed by atoms with Gasteiger partial charge in [-0.25, -0.2) is 13.1 Å². The molecule has 5 nitrogen and oxygen atoms in total. The fourth-order valence-electron chi connectivity index (χ4n) is 2.61. The summed E-state index contributed by atoms with van der Waals surface area (Å²) in [6.07, 6.45) is 2.98. The summed E-state index contributed by atoms with van der Waals surface area (Å²) in [6, 6.07) is 6.40. The number of rotatable bonds is 5. The smallest absolute Gasteiger partial charge is 0.240 e. The van der Waals surface area contributed by atoms with Gasteiger partial charge in [0.2, 0.25) is 15.9 Å². The zero-order valence-electron chi connectivity index (χ0n) is 11.5. The van der Waals surface area contributed by atoms with Crippen LogP contribution in [0.4, 0.5) is 0 Å². The molecule has 3 N–H and O–H groups in total. The van der Waals surface area contributed by atoms with E-state index in [1.165, 1.54) is 0 Å². The van der Waals surface area contributed by atoms with Crippen molar-refractivity contribution in [1.82, 2.24) is 4.72 Å². The third-order valence-electron chi connectivity index (χ3n) is 3.83. The number of sulfonamides is 1. The first-order valence-corrected chi connectivity index (χ1v) is 8.33. The maximum absolute atomic E-state index is 12.3. The first-order valence-electron chi connectivity index (χ1n) is 6.84. The van der Waals surface area contributed by atoms with Crippen LogP contribution >= 0.6 is 0 Å². The van der Waals surface area contributed by atoms with Gasteiger partial charge in [-0.05, 0) is 37.0 Å². The number of carbonyl (C=O) groups is 1.